The van der Waals surface area contributed by atoms with Crippen LogP contribution in [0.2, 0.25) is 0 Å². The van der Waals surface area contributed by atoms with E-state index in [0.29, 0.717) is 0 Å². The molecule has 0 saturated heterocycles. The zero-order chi connectivity index (χ0) is 79.4. The van der Waals surface area contributed by atoms with E-state index in [1.165, 1.54) is 184 Å². The molecule has 0 spiro atoms. The lowest BCUT2D eigenvalue weighted by Gasteiger charge is -2.22. The van der Waals surface area contributed by atoms with Gasteiger partial charge in [-0.3, -0.25) is 34.9 Å². The van der Waals surface area contributed by atoms with Crippen molar-refractivity contribution in [3.63, 3.8) is 0 Å². The molecule has 7 aliphatic carbocycles. The van der Waals surface area contributed by atoms with E-state index in [-0.39, 0.29) is 37.9 Å². The van der Waals surface area contributed by atoms with Crippen molar-refractivity contribution >= 4 is 0 Å². The highest BCUT2D eigenvalue weighted by atomic mass is 14.7. The van der Waals surface area contributed by atoms with Crippen LogP contribution in [0.15, 0.2) is 256 Å². The first kappa shape index (κ1) is 76.0. The molecule has 560 valence electrons. The summed E-state index contributed by atoms with van der Waals surface area (Å²) in [6, 6.07) is 65.4. The first-order valence-corrected chi connectivity index (χ1v) is 39.7. The zero-order valence-corrected chi connectivity index (χ0v) is 69.4. The van der Waals surface area contributed by atoms with E-state index in [1.54, 1.807) is 0 Å². The highest BCUT2D eigenvalue weighted by Crippen LogP contribution is 2.55. The maximum absolute atomic E-state index is 4.43. The van der Waals surface area contributed by atoms with Crippen molar-refractivity contribution < 1.29 is 0 Å². The summed E-state index contributed by atoms with van der Waals surface area (Å²) in [6.07, 6.45) is 23.5. The average molecular weight is 1470 g/mol. The van der Waals surface area contributed by atoms with Crippen LogP contribution >= 0.6 is 0 Å². The second-order valence-electron chi connectivity index (χ2n) is 35.4. The van der Waals surface area contributed by atoms with Gasteiger partial charge in [-0.1, -0.05) is 254 Å². The van der Waals surface area contributed by atoms with Crippen LogP contribution < -0.4 is 0 Å². The number of benzene rings is 7. The van der Waals surface area contributed by atoms with Gasteiger partial charge >= 0.3 is 0 Å². The average Bonchev–Trinajstić information content (AvgIpc) is 1.61. The summed E-state index contributed by atoms with van der Waals surface area (Å²) in [7, 11) is 0. The normalized spacial score (nSPS) is 15.7. The van der Waals surface area contributed by atoms with Gasteiger partial charge in [0.05, 0.1) is 0 Å². The van der Waals surface area contributed by atoms with E-state index in [2.05, 4.69) is 355 Å². The van der Waals surface area contributed by atoms with Crippen molar-refractivity contribution in [3.05, 3.63) is 373 Å². The lowest BCUT2D eigenvalue weighted by molar-refractivity contribution is 0.651. The lowest BCUT2D eigenvalue weighted by atomic mass is 9.81. The highest BCUT2D eigenvalue weighted by molar-refractivity contribution is 5.87. The molecule has 7 nitrogen and oxygen atoms in total. The Balaban J connectivity index is 0.000000103. The fourth-order valence-corrected chi connectivity index (χ4v) is 19.6. The van der Waals surface area contributed by atoms with Crippen LogP contribution in [-0.2, 0) is 37.9 Å². The van der Waals surface area contributed by atoms with Gasteiger partial charge in [0.25, 0.3) is 0 Å². The number of rotatable bonds is 0. The Morgan fingerprint density at radius 1 is 0.205 bits per heavy atom. The minimum Gasteiger partial charge on any atom is -0.264 e. The topological polar surface area (TPSA) is 90.2 Å². The Kier molecular flexibility index (Phi) is 19.3. The van der Waals surface area contributed by atoms with Crippen LogP contribution in [0.5, 0.6) is 0 Å². The van der Waals surface area contributed by atoms with E-state index in [1.807, 2.05) is 81.3 Å². The molecule has 0 bridgehead atoms. The molecule has 0 saturated carbocycles. The van der Waals surface area contributed by atoms with Gasteiger partial charge in [-0.05, 0) is 257 Å². The van der Waals surface area contributed by atoms with E-state index in [9.17, 15) is 0 Å². The van der Waals surface area contributed by atoms with E-state index in [0.717, 1.165) is 11.4 Å². The largest absolute Gasteiger partial charge is 0.264 e. The van der Waals surface area contributed by atoms with Gasteiger partial charge in [0.1, 0.15) is 0 Å². The van der Waals surface area contributed by atoms with Crippen LogP contribution in [-0.4, -0.2) is 34.9 Å². The van der Waals surface area contributed by atoms with Crippen molar-refractivity contribution in [1.29, 1.82) is 0 Å². The third-order valence-electron chi connectivity index (χ3n) is 25.6. The summed E-state index contributed by atoms with van der Waals surface area (Å²) in [5.74, 6) is 0. The standard InChI is InChI=1S/7C15H15N/c1-10-4-5-13-12(8-10)11-6-7-16-9-14(11)15(13,2)3;1-10-4-5-11-12-6-7-16-9-14(12)15(2,3)13(11)8-10;1-10-5-4-6-12-14(10)11-7-8-16-9-13(11)15(12,2)3;1-10-5-4-6-12-11-7-8-16-9-13(11)15(2,3)14(10)12;1-10-8-12-11-6-4-5-7-13(11)15(2,3)14(12)9-16-10;1-10-8-16-9-13-14(10)11-6-4-5-7-12(11)15(13,2)3;1-10-14-12(8-9-16-10)11-6-4-5-7-13(11)15(14,2)3/h7*4-9H,1-3H3. The van der Waals surface area contributed by atoms with Crippen molar-refractivity contribution in [3.8, 4) is 77.9 Å². The molecule has 0 fully saturated rings. The Hall–Kier alpha value is -11.4. The molecule has 0 amide bonds. The third-order valence-corrected chi connectivity index (χ3v) is 25.6. The number of aryl methyl sites for hydroxylation is 7. The maximum Gasteiger partial charge on any atom is 0.0419 e. The molecule has 14 aromatic rings. The van der Waals surface area contributed by atoms with Crippen LogP contribution in [0.4, 0.5) is 0 Å². The molecule has 0 atom stereocenters. The predicted octanol–water partition coefficient (Wildman–Crippen LogP) is 25.9. The van der Waals surface area contributed by atoms with Gasteiger partial charge in [-0.15, -0.1) is 0 Å². The fourth-order valence-electron chi connectivity index (χ4n) is 19.6. The number of hydrogen-bond acceptors (Lipinski definition) is 7. The number of pyridine rings is 7. The second-order valence-corrected chi connectivity index (χ2v) is 35.4. The van der Waals surface area contributed by atoms with Gasteiger partial charge in [-0.25, -0.2) is 0 Å². The van der Waals surface area contributed by atoms with Gasteiger partial charge in [0.2, 0.25) is 0 Å². The quantitative estimate of drug-likeness (QED) is 0.149. The van der Waals surface area contributed by atoms with Crippen LogP contribution in [0.25, 0.3) is 77.9 Å². The molecule has 0 radical (unpaired) electrons. The van der Waals surface area contributed by atoms with Gasteiger partial charge < -0.3 is 0 Å². The van der Waals surface area contributed by atoms with Crippen molar-refractivity contribution in [2.45, 2.75) is 183 Å². The Morgan fingerprint density at radius 2 is 0.571 bits per heavy atom. The molecule has 7 aliphatic rings. The van der Waals surface area contributed by atoms with Crippen LogP contribution in [0, 0.1) is 48.5 Å². The van der Waals surface area contributed by atoms with Gasteiger partial charge in [-0.2, -0.15) is 0 Å². The predicted molar refractivity (Wildman–Crippen MR) is 466 cm³/mol. The third kappa shape index (κ3) is 12.6. The minimum atomic E-state index is 0.0876. The first-order valence-electron chi connectivity index (χ1n) is 39.7. The van der Waals surface area contributed by atoms with Gasteiger partial charge in [0, 0.05) is 124 Å². The zero-order valence-electron chi connectivity index (χ0n) is 69.4. The van der Waals surface area contributed by atoms with E-state index >= 15 is 0 Å². The summed E-state index contributed by atoms with van der Waals surface area (Å²) < 4.78 is 0. The first-order chi connectivity index (χ1) is 53.3. The molecule has 0 aliphatic heterocycles. The smallest absolute Gasteiger partial charge is 0.0419 e. The fraction of sp³-hybridized carbons (Fsp3) is 0.267. The summed E-state index contributed by atoms with van der Waals surface area (Å²) in [4.78, 5) is 30.2. The van der Waals surface area contributed by atoms with E-state index in [4.69, 9.17) is 0 Å². The summed E-state index contributed by atoms with van der Waals surface area (Å²) in [5, 5.41) is 0. The van der Waals surface area contributed by atoms with Crippen molar-refractivity contribution in [2.24, 2.45) is 0 Å². The molecule has 0 unspecified atom stereocenters. The second kappa shape index (κ2) is 28.4. The number of hydrogen-bond donors (Lipinski definition) is 0. The Labute approximate surface area is 665 Å². The van der Waals surface area contributed by atoms with Crippen molar-refractivity contribution in [1.82, 2.24) is 34.9 Å². The molecule has 21 rings (SSSR count). The van der Waals surface area contributed by atoms with Gasteiger partial charge in [0.15, 0.2) is 0 Å². The molecule has 112 heavy (non-hydrogen) atoms. The highest BCUT2D eigenvalue weighted by Gasteiger charge is 2.42. The van der Waals surface area contributed by atoms with Crippen LogP contribution in [0.1, 0.15) is 214 Å². The van der Waals surface area contributed by atoms with E-state index < -0.39 is 0 Å². The van der Waals surface area contributed by atoms with Crippen LogP contribution in [0.3, 0.4) is 0 Å². The molecule has 7 heterocycles. The maximum atomic E-state index is 4.43. The number of nitrogens with zero attached hydrogens (tertiary/aromatic N) is 7. The monoisotopic (exact) mass is 1460 g/mol. The summed E-state index contributed by atoms with van der Waals surface area (Å²) in [5.41, 5.74) is 48.1. The summed E-state index contributed by atoms with van der Waals surface area (Å²) >= 11 is 0. The number of aromatic nitrogens is 7. The summed E-state index contributed by atoms with van der Waals surface area (Å²) in [6.45, 7) is 46.9. The molecule has 7 heteroatoms. The SMILES string of the molecule is Cc1cc2c(cn1)C(C)(C)c1ccccc1-2.Cc1ccc2c(c1)-c1ccncc1C2(C)C.Cc1ccc2c(c1)C(C)(C)c1cnccc1-2.Cc1cccc2c1-c1ccncc1C2(C)C.Cc1cccc2c1C(C)(C)c1cnccc1-2.Cc1cncc2c1-c1ccccc1C2(C)C.Cc1nccc2c1C(C)(C)c1ccccc1-2. The molecular formula is C105H105N7. The molecule has 7 aromatic heterocycles. The minimum absolute atomic E-state index is 0.0876. The molecule has 0 N–H and O–H groups in total. The lowest BCUT2D eigenvalue weighted by Crippen LogP contribution is -2.16. The molecule has 7 aromatic carbocycles. The van der Waals surface area contributed by atoms with Crippen molar-refractivity contribution in [2.75, 3.05) is 0 Å². The Morgan fingerprint density at radius 3 is 1.21 bits per heavy atom. The molecular weight excluding hydrogens is 1360 g/mol. The number of fused-ring (bicyclic) bond motifs is 21. The Bertz CT molecular complexity index is 5690.